The van der Waals surface area contributed by atoms with Gasteiger partial charge < -0.3 is 5.73 Å². The minimum absolute atomic E-state index is 0.315. The largest absolute Gasteiger partial charge is 0.324 e. The molecule has 1 unspecified atom stereocenters. The molecule has 1 aromatic rings. The number of halogens is 2. The van der Waals surface area contributed by atoms with Crippen LogP contribution >= 0.6 is 0 Å². The molecular formula is C11H13F2N. The molecule has 76 valence electrons. The van der Waals surface area contributed by atoms with Crippen molar-refractivity contribution in [3.8, 4) is 0 Å². The molecule has 14 heavy (non-hydrogen) atoms. The molecule has 0 bridgehead atoms. The molecule has 0 aliphatic heterocycles. The van der Waals surface area contributed by atoms with Gasteiger partial charge in [0.2, 0.25) is 0 Å². The Morgan fingerprint density at radius 2 is 1.93 bits per heavy atom. The highest BCUT2D eigenvalue weighted by Crippen LogP contribution is 2.40. The SMILES string of the molecule is Cc1ccc(C(N)C2CC2)c(F)c1F. The van der Waals surface area contributed by atoms with Crippen molar-refractivity contribution in [3.05, 3.63) is 34.9 Å². The zero-order valence-corrected chi connectivity index (χ0v) is 8.06. The summed E-state index contributed by atoms with van der Waals surface area (Å²) in [7, 11) is 0. The fourth-order valence-corrected chi connectivity index (χ4v) is 1.63. The summed E-state index contributed by atoms with van der Waals surface area (Å²) in [4.78, 5) is 0. The van der Waals surface area contributed by atoms with E-state index in [0.29, 0.717) is 17.0 Å². The number of hydrogen-bond acceptors (Lipinski definition) is 1. The van der Waals surface area contributed by atoms with E-state index in [1.807, 2.05) is 0 Å². The van der Waals surface area contributed by atoms with Crippen LogP contribution < -0.4 is 5.73 Å². The Morgan fingerprint density at radius 1 is 1.29 bits per heavy atom. The van der Waals surface area contributed by atoms with E-state index in [9.17, 15) is 8.78 Å². The zero-order chi connectivity index (χ0) is 10.3. The predicted molar refractivity (Wildman–Crippen MR) is 50.7 cm³/mol. The van der Waals surface area contributed by atoms with Gasteiger partial charge in [0.15, 0.2) is 11.6 Å². The maximum Gasteiger partial charge on any atom is 0.163 e. The van der Waals surface area contributed by atoms with Gasteiger partial charge in [-0.05, 0) is 31.2 Å². The molecule has 1 saturated carbocycles. The monoisotopic (exact) mass is 197 g/mol. The van der Waals surface area contributed by atoms with Crippen LogP contribution in [0, 0.1) is 24.5 Å². The van der Waals surface area contributed by atoms with Gasteiger partial charge in [-0.3, -0.25) is 0 Å². The summed E-state index contributed by atoms with van der Waals surface area (Å²) >= 11 is 0. The van der Waals surface area contributed by atoms with Crippen molar-refractivity contribution in [1.82, 2.24) is 0 Å². The molecule has 0 heterocycles. The predicted octanol–water partition coefficient (Wildman–Crippen LogP) is 2.68. The Labute approximate surface area is 81.9 Å². The second-order valence-corrected chi connectivity index (χ2v) is 3.96. The third kappa shape index (κ3) is 1.52. The third-order valence-corrected chi connectivity index (χ3v) is 2.79. The van der Waals surface area contributed by atoms with Crippen molar-refractivity contribution < 1.29 is 8.78 Å². The Hall–Kier alpha value is -0.960. The first-order valence-corrected chi connectivity index (χ1v) is 4.81. The third-order valence-electron chi connectivity index (χ3n) is 2.79. The molecule has 1 aliphatic carbocycles. The van der Waals surface area contributed by atoms with E-state index in [1.54, 1.807) is 19.1 Å². The van der Waals surface area contributed by atoms with Crippen molar-refractivity contribution in [1.29, 1.82) is 0 Å². The summed E-state index contributed by atoms with van der Waals surface area (Å²) in [5.74, 6) is -1.20. The lowest BCUT2D eigenvalue weighted by atomic mass is 10.0. The first kappa shape index (κ1) is 9.59. The Kier molecular flexibility index (Phi) is 2.27. The summed E-state index contributed by atoms with van der Waals surface area (Å²) in [6.07, 6.45) is 2.05. The van der Waals surface area contributed by atoms with Crippen LogP contribution in [0.5, 0.6) is 0 Å². The van der Waals surface area contributed by atoms with Crippen LogP contribution in [0.25, 0.3) is 0 Å². The van der Waals surface area contributed by atoms with Crippen molar-refractivity contribution in [2.75, 3.05) is 0 Å². The van der Waals surface area contributed by atoms with Crippen LogP contribution in [-0.2, 0) is 0 Å². The van der Waals surface area contributed by atoms with Gasteiger partial charge in [-0.1, -0.05) is 12.1 Å². The van der Waals surface area contributed by atoms with E-state index in [0.717, 1.165) is 12.8 Å². The molecule has 1 fully saturated rings. The minimum Gasteiger partial charge on any atom is -0.324 e. The van der Waals surface area contributed by atoms with Gasteiger partial charge in [0.25, 0.3) is 0 Å². The molecule has 2 N–H and O–H groups in total. The van der Waals surface area contributed by atoms with E-state index in [-0.39, 0.29) is 6.04 Å². The maximum atomic E-state index is 13.4. The Bertz CT molecular complexity index is 359. The van der Waals surface area contributed by atoms with E-state index in [4.69, 9.17) is 5.73 Å². The van der Waals surface area contributed by atoms with Crippen LogP contribution in [0.3, 0.4) is 0 Å². The number of aryl methyl sites for hydroxylation is 1. The maximum absolute atomic E-state index is 13.4. The molecule has 0 radical (unpaired) electrons. The molecule has 0 saturated heterocycles. The topological polar surface area (TPSA) is 26.0 Å². The van der Waals surface area contributed by atoms with E-state index >= 15 is 0 Å². The van der Waals surface area contributed by atoms with Gasteiger partial charge in [-0.25, -0.2) is 8.78 Å². The summed E-state index contributed by atoms with van der Waals surface area (Å²) in [5, 5.41) is 0. The average Bonchev–Trinajstić information content (AvgIpc) is 2.97. The van der Waals surface area contributed by atoms with Crippen LogP contribution in [0.1, 0.15) is 30.0 Å². The van der Waals surface area contributed by atoms with Crippen LogP contribution in [0.15, 0.2) is 12.1 Å². The van der Waals surface area contributed by atoms with Crippen LogP contribution in [-0.4, -0.2) is 0 Å². The van der Waals surface area contributed by atoms with Gasteiger partial charge >= 0.3 is 0 Å². The van der Waals surface area contributed by atoms with Crippen LogP contribution in [0.4, 0.5) is 8.78 Å². The van der Waals surface area contributed by atoms with Gasteiger partial charge in [0.1, 0.15) is 0 Å². The minimum atomic E-state index is -0.774. The molecule has 1 nitrogen and oxygen atoms in total. The Morgan fingerprint density at radius 3 is 2.50 bits per heavy atom. The highest BCUT2D eigenvalue weighted by atomic mass is 19.2. The van der Waals surface area contributed by atoms with Crippen molar-refractivity contribution in [3.63, 3.8) is 0 Å². The fourth-order valence-electron chi connectivity index (χ4n) is 1.63. The van der Waals surface area contributed by atoms with Gasteiger partial charge in [0.05, 0.1) is 0 Å². The zero-order valence-electron chi connectivity index (χ0n) is 8.06. The number of nitrogens with two attached hydrogens (primary N) is 1. The number of benzene rings is 1. The molecule has 0 spiro atoms. The van der Waals surface area contributed by atoms with Crippen LogP contribution in [0.2, 0.25) is 0 Å². The molecule has 1 atom stereocenters. The highest BCUT2D eigenvalue weighted by Gasteiger charge is 2.31. The van der Waals surface area contributed by atoms with E-state index in [1.165, 1.54) is 0 Å². The summed E-state index contributed by atoms with van der Waals surface area (Å²) < 4.78 is 26.7. The smallest absolute Gasteiger partial charge is 0.163 e. The standard InChI is InChI=1S/C11H13F2N/c1-6-2-5-8(10(13)9(6)12)11(14)7-3-4-7/h2,5,7,11H,3-4,14H2,1H3. The van der Waals surface area contributed by atoms with Gasteiger partial charge in [-0.2, -0.15) is 0 Å². The van der Waals surface area contributed by atoms with Gasteiger partial charge in [0, 0.05) is 11.6 Å². The lowest BCUT2D eigenvalue weighted by molar-refractivity contribution is 0.475. The molecule has 1 aromatic carbocycles. The first-order valence-electron chi connectivity index (χ1n) is 4.81. The van der Waals surface area contributed by atoms with E-state index in [2.05, 4.69) is 0 Å². The van der Waals surface area contributed by atoms with E-state index < -0.39 is 11.6 Å². The lowest BCUT2D eigenvalue weighted by Crippen LogP contribution is -2.15. The average molecular weight is 197 g/mol. The summed E-state index contributed by atoms with van der Waals surface area (Å²) in [6, 6.07) is 2.83. The van der Waals surface area contributed by atoms with Crippen molar-refractivity contribution in [2.45, 2.75) is 25.8 Å². The summed E-state index contributed by atoms with van der Waals surface area (Å²) in [5.41, 5.74) is 6.46. The normalized spacial score (nSPS) is 18.3. The highest BCUT2D eigenvalue weighted by molar-refractivity contribution is 5.28. The quantitative estimate of drug-likeness (QED) is 0.775. The van der Waals surface area contributed by atoms with Crippen molar-refractivity contribution in [2.24, 2.45) is 11.7 Å². The van der Waals surface area contributed by atoms with Gasteiger partial charge in [-0.15, -0.1) is 0 Å². The van der Waals surface area contributed by atoms with Crippen molar-refractivity contribution >= 4 is 0 Å². The molecule has 0 amide bonds. The molecule has 0 aromatic heterocycles. The summed E-state index contributed by atoms with van der Waals surface area (Å²) in [6.45, 7) is 1.55. The number of hydrogen-bond donors (Lipinski definition) is 1. The molecular weight excluding hydrogens is 184 g/mol. The molecule has 2 rings (SSSR count). The lowest BCUT2D eigenvalue weighted by Gasteiger charge is -2.12. The number of rotatable bonds is 2. The Balaban J connectivity index is 2.38. The second kappa shape index (κ2) is 3.31. The molecule has 3 heteroatoms. The fraction of sp³-hybridized carbons (Fsp3) is 0.455. The second-order valence-electron chi connectivity index (χ2n) is 3.96. The molecule has 1 aliphatic rings. The first-order chi connectivity index (χ1) is 6.61.